The smallest absolute Gasteiger partial charge is 0.308 e. The van der Waals surface area contributed by atoms with Gasteiger partial charge in [0.2, 0.25) is 17.7 Å². The lowest BCUT2D eigenvalue weighted by Gasteiger charge is -2.35. The van der Waals surface area contributed by atoms with Crippen LogP contribution in [0, 0.1) is 33.1 Å². The molecule has 2 N–H and O–H groups in total. The maximum Gasteiger partial charge on any atom is 0.308 e. The van der Waals surface area contributed by atoms with E-state index in [9.17, 15) is 19.2 Å². The standard InChI is InChI=1S/C47H56N8O7S2/c1-27-29(3)64-46-39(27)40(50-35(23-38(57)60-8)43-53-52-30(4)55(43)46)32-16-18-34(19-17-32)62-22-10-21-61-25-37(56)51-42(47(5,6)7)45(59)54-20-9-11-36(54)44(58)48-24-31-12-14-33(15-13-31)41-28(2)49-26-63-41/h12-19,26,35-36,42H,9-11,20-25H2,1-8H3,(H,48,58)(H,51,56). The topological polar surface area (TPSA) is 179 Å². The molecule has 17 heteroatoms. The Bertz CT molecular complexity index is 2520. The summed E-state index contributed by atoms with van der Waals surface area (Å²) < 4.78 is 18.7. The molecule has 2 aliphatic heterocycles. The van der Waals surface area contributed by atoms with Crippen LogP contribution in [-0.4, -0.2) is 99.6 Å². The Morgan fingerprint density at radius 2 is 1.69 bits per heavy atom. The van der Waals surface area contributed by atoms with Crippen LogP contribution in [0.2, 0.25) is 0 Å². The van der Waals surface area contributed by atoms with Crippen molar-refractivity contribution in [3.05, 3.63) is 98.5 Å². The molecule has 5 heterocycles. The number of aliphatic imine (C=N–C) groups is 1. The summed E-state index contributed by atoms with van der Waals surface area (Å²) in [7, 11) is 1.36. The highest BCUT2D eigenvalue weighted by atomic mass is 32.1. The highest BCUT2D eigenvalue weighted by molar-refractivity contribution is 7.15. The lowest BCUT2D eigenvalue weighted by atomic mass is 9.85. The molecule has 3 aromatic heterocycles. The summed E-state index contributed by atoms with van der Waals surface area (Å²) in [5.74, 6) is 0.676. The number of benzene rings is 2. The molecule has 0 spiro atoms. The number of carbonyl (C=O) groups is 4. The Kier molecular flexibility index (Phi) is 14.4. The highest BCUT2D eigenvalue weighted by Gasteiger charge is 2.42. The molecule has 64 heavy (non-hydrogen) atoms. The molecule has 3 atom stereocenters. The van der Waals surface area contributed by atoms with E-state index in [1.54, 1.807) is 27.6 Å². The minimum Gasteiger partial charge on any atom is -0.494 e. The van der Waals surface area contributed by atoms with Crippen molar-refractivity contribution in [2.45, 2.75) is 98.8 Å². The number of nitrogens with one attached hydrogen (secondary N) is 2. The number of aromatic nitrogens is 4. The van der Waals surface area contributed by atoms with E-state index in [1.165, 1.54) is 7.11 Å². The van der Waals surface area contributed by atoms with Gasteiger partial charge in [0.15, 0.2) is 5.82 Å². The molecular weight excluding hydrogens is 853 g/mol. The zero-order valence-electron chi connectivity index (χ0n) is 37.6. The molecule has 0 saturated carbocycles. The lowest BCUT2D eigenvalue weighted by Crippen LogP contribution is -2.58. The molecule has 2 aromatic carbocycles. The Hall–Kier alpha value is -5.78. The molecule has 0 bridgehead atoms. The zero-order valence-corrected chi connectivity index (χ0v) is 39.3. The molecule has 3 amide bonds. The van der Waals surface area contributed by atoms with E-state index < -0.39 is 29.4 Å². The lowest BCUT2D eigenvalue weighted by molar-refractivity contribution is -0.144. The molecule has 1 fully saturated rings. The molecular formula is C47H56N8O7S2. The van der Waals surface area contributed by atoms with Gasteiger partial charge in [-0.15, -0.1) is 32.9 Å². The van der Waals surface area contributed by atoms with E-state index >= 15 is 0 Å². The third kappa shape index (κ3) is 10.3. The molecule has 2 aliphatic rings. The first-order chi connectivity index (χ1) is 30.6. The average molecular weight is 909 g/mol. The van der Waals surface area contributed by atoms with Crippen molar-refractivity contribution in [1.82, 2.24) is 35.3 Å². The molecule has 0 radical (unpaired) electrons. The Morgan fingerprint density at radius 1 is 0.953 bits per heavy atom. The van der Waals surface area contributed by atoms with Gasteiger partial charge in [-0.2, -0.15) is 0 Å². The van der Waals surface area contributed by atoms with Crippen molar-refractivity contribution in [3.63, 3.8) is 0 Å². The first-order valence-corrected chi connectivity index (χ1v) is 23.2. The summed E-state index contributed by atoms with van der Waals surface area (Å²) in [6.45, 7) is 14.9. The number of thiophene rings is 1. The van der Waals surface area contributed by atoms with Crippen molar-refractivity contribution in [2.75, 3.05) is 33.5 Å². The summed E-state index contributed by atoms with van der Waals surface area (Å²) in [6.07, 6.45) is 1.80. The van der Waals surface area contributed by atoms with Crippen LogP contribution >= 0.6 is 22.7 Å². The van der Waals surface area contributed by atoms with Crippen LogP contribution in [0.15, 0.2) is 59.0 Å². The Morgan fingerprint density at radius 3 is 2.38 bits per heavy atom. The van der Waals surface area contributed by atoms with Crippen LogP contribution in [0.5, 0.6) is 5.75 Å². The largest absolute Gasteiger partial charge is 0.494 e. The number of nitrogens with zero attached hydrogens (tertiary/aromatic N) is 6. The number of rotatable bonds is 16. The third-order valence-corrected chi connectivity index (χ3v) is 13.7. The first kappa shape index (κ1) is 46.2. The van der Waals surface area contributed by atoms with E-state index in [0.717, 1.165) is 54.0 Å². The van der Waals surface area contributed by atoms with Gasteiger partial charge in [-0.05, 0) is 86.9 Å². The van der Waals surface area contributed by atoms with Gasteiger partial charge < -0.3 is 29.7 Å². The van der Waals surface area contributed by atoms with Gasteiger partial charge >= 0.3 is 5.97 Å². The van der Waals surface area contributed by atoms with Gasteiger partial charge in [-0.1, -0.05) is 45.0 Å². The fourth-order valence-electron chi connectivity index (χ4n) is 7.97. The van der Waals surface area contributed by atoms with Gasteiger partial charge in [0.05, 0.1) is 48.5 Å². The van der Waals surface area contributed by atoms with Gasteiger partial charge in [0.1, 0.15) is 41.3 Å². The highest BCUT2D eigenvalue weighted by Crippen LogP contribution is 2.40. The number of hydrogen-bond donors (Lipinski definition) is 2. The minimum absolute atomic E-state index is 0.0250. The van der Waals surface area contributed by atoms with E-state index in [2.05, 4.69) is 39.7 Å². The molecule has 15 nitrogen and oxygen atoms in total. The normalized spacial score (nSPS) is 16.3. The summed E-state index contributed by atoms with van der Waals surface area (Å²) >= 11 is 3.24. The zero-order chi connectivity index (χ0) is 45.7. The summed E-state index contributed by atoms with van der Waals surface area (Å²) in [5, 5.41) is 15.6. The number of esters is 1. The number of likely N-dealkylation sites (tertiary alicyclic amines) is 1. The van der Waals surface area contributed by atoms with E-state index in [4.69, 9.17) is 19.2 Å². The molecule has 0 aliphatic carbocycles. The van der Waals surface area contributed by atoms with Crippen molar-refractivity contribution in [2.24, 2.45) is 10.4 Å². The number of methoxy groups -OCH3 is 1. The molecule has 5 aromatic rings. The van der Waals surface area contributed by atoms with E-state index in [-0.39, 0.29) is 37.4 Å². The van der Waals surface area contributed by atoms with E-state index in [1.807, 2.05) is 93.2 Å². The number of thiazole rings is 1. The molecule has 338 valence electrons. The van der Waals surface area contributed by atoms with Gasteiger partial charge in [0.25, 0.3) is 0 Å². The van der Waals surface area contributed by atoms with Crippen LogP contribution in [-0.2, 0) is 35.2 Å². The second-order valence-corrected chi connectivity index (χ2v) is 19.3. The SMILES string of the molecule is COC(=O)CC1N=C(c2ccc(OCCCOCC(=O)NC(C(=O)N3CCCC3C(=O)NCc3ccc(-c4scnc4C)cc3)C(C)(C)C)cc2)c2c(sc(C)c2C)-n2c(C)nnc21. The predicted molar refractivity (Wildman–Crippen MR) is 246 cm³/mol. The maximum atomic E-state index is 14.0. The number of hydrogen-bond acceptors (Lipinski definition) is 13. The number of amides is 3. The molecule has 7 rings (SSSR count). The van der Waals surface area contributed by atoms with Crippen LogP contribution in [0.4, 0.5) is 0 Å². The predicted octanol–water partition coefficient (Wildman–Crippen LogP) is 6.76. The van der Waals surface area contributed by atoms with Crippen molar-refractivity contribution >= 4 is 52.1 Å². The van der Waals surface area contributed by atoms with Crippen LogP contribution in [0.3, 0.4) is 0 Å². The van der Waals surface area contributed by atoms with Gasteiger partial charge in [-0.3, -0.25) is 28.7 Å². The first-order valence-electron chi connectivity index (χ1n) is 21.5. The number of ether oxygens (including phenoxy) is 3. The minimum atomic E-state index is -0.850. The second-order valence-electron chi connectivity index (χ2n) is 17.2. The fraction of sp³-hybridized carbons (Fsp3) is 0.447. The van der Waals surface area contributed by atoms with E-state index in [0.29, 0.717) is 56.4 Å². The maximum absolute atomic E-state index is 14.0. The molecule has 1 saturated heterocycles. The van der Waals surface area contributed by atoms with Crippen molar-refractivity contribution in [1.29, 1.82) is 0 Å². The summed E-state index contributed by atoms with van der Waals surface area (Å²) in [5.41, 5.74) is 7.94. The number of carbonyl (C=O) groups excluding carboxylic acids is 4. The average Bonchev–Trinajstić information content (AvgIpc) is 4.07. The second kappa shape index (κ2) is 19.9. The van der Waals surface area contributed by atoms with Crippen LogP contribution < -0.4 is 15.4 Å². The van der Waals surface area contributed by atoms with Crippen LogP contribution in [0.25, 0.3) is 15.4 Å². The number of aryl methyl sites for hydroxylation is 3. The summed E-state index contributed by atoms with van der Waals surface area (Å²) in [4.78, 5) is 66.3. The summed E-state index contributed by atoms with van der Waals surface area (Å²) in [6, 6.07) is 13.7. The quantitative estimate of drug-likeness (QED) is 0.0794. The van der Waals surface area contributed by atoms with Crippen molar-refractivity contribution < 1.29 is 33.4 Å². The fourth-order valence-corrected chi connectivity index (χ4v) is 10.00. The Balaban J connectivity index is 0.886. The molecule has 3 unspecified atom stereocenters. The van der Waals surface area contributed by atoms with Crippen molar-refractivity contribution in [3.8, 4) is 21.2 Å². The monoisotopic (exact) mass is 908 g/mol. The third-order valence-electron chi connectivity index (χ3n) is 11.6. The number of fused-ring (bicyclic) bond motifs is 3. The Labute approximate surface area is 381 Å². The van der Waals surface area contributed by atoms with Gasteiger partial charge in [0, 0.05) is 35.5 Å². The van der Waals surface area contributed by atoms with Gasteiger partial charge in [-0.25, -0.2) is 4.98 Å². The van der Waals surface area contributed by atoms with Crippen LogP contribution in [0.1, 0.15) is 97.0 Å².